The number of hydrogen-bond donors (Lipinski definition) is 4. The molecule has 4 N–H and O–H groups in total. The molecule has 118 valence electrons. The molecule has 0 aromatic heterocycles. The summed E-state index contributed by atoms with van der Waals surface area (Å²) in [6.45, 7) is -0.486. The second kappa shape index (κ2) is 6.20. The zero-order valence-electron chi connectivity index (χ0n) is 11.7. The van der Waals surface area contributed by atoms with Gasteiger partial charge in [0.2, 0.25) is 0 Å². The highest BCUT2D eigenvalue weighted by Gasteiger charge is 2.45. The van der Waals surface area contributed by atoms with E-state index < -0.39 is 37.3 Å². The maximum atomic E-state index is 10.2. The highest BCUT2D eigenvalue weighted by molar-refractivity contribution is 5.88. The van der Waals surface area contributed by atoms with Gasteiger partial charge in [-0.1, -0.05) is 36.4 Å². The largest absolute Gasteiger partial charge is 0.484 e. The monoisotopic (exact) mass is 306 g/mol. The predicted molar refractivity (Wildman–Crippen MR) is 78.3 cm³/mol. The van der Waals surface area contributed by atoms with Crippen molar-refractivity contribution in [2.75, 3.05) is 6.61 Å². The zero-order valence-corrected chi connectivity index (χ0v) is 11.7. The Bertz CT molecular complexity index is 640. The molecule has 2 aromatic carbocycles. The van der Waals surface area contributed by atoms with Crippen molar-refractivity contribution in [2.45, 2.75) is 30.7 Å². The fraction of sp³-hybridized carbons (Fsp3) is 0.375. The lowest BCUT2D eigenvalue weighted by atomic mass is 9.99. The molecule has 1 aliphatic rings. The van der Waals surface area contributed by atoms with Gasteiger partial charge in [0.1, 0.15) is 24.1 Å². The fourth-order valence-corrected chi connectivity index (χ4v) is 2.65. The van der Waals surface area contributed by atoms with Gasteiger partial charge in [-0.3, -0.25) is 0 Å². The molecule has 1 saturated heterocycles. The molecule has 6 heteroatoms. The van der Waals surface area contributed by atoms with E-state index >= 15 is 0 Å². The van der Waals surface area contributed by atoms with Crippen LogP contribution in [0.2, 0.25) is 0 Å². The molecule has 0 unspecified atom stereocenters. The van der Waals surface area contributed by atoms with E-state index in [1.807, 2.05) is 30.3 Å². The van der Waals surface area contributed by atoms with Gasteiger partial charge in [-0.15, -0.1) is 0 Å². The van der Waals surface area contributed by atoms with Crippen molar-refractivity contribution in [3.05, 3.63) is 42.5 Å². The van der Waals surface area contributed by atoms with Crippen LogP contribution in [0.5, 0.6) is 5.75 Å². The van der Waals surface area contributed by atoms with Gasteiger partial charge in [-0.2, -0.15) is 0 Å². The molecule has 0 amide bonds. The molecular weight excluding hydrogens is 288 g/mol. The van der Waals surface area contributed by atoms with Gasteiger partial charge in [0.15, 0.2) is 12.4 Å². The summed E-state index contributed by atoms with van der Waals surface area (Å²) in [5.74, 6) is 0.479. The molecule has 2 aromatic rings. The highest BCUT2D eigenvalue weighted by atomic mass is 16.6. The molecule has 5 atom stereocenters. The Kier molecular flexibility index (Phi) is 4.28. The number of rotatable bonds is 3. The molecule has 1 aliphatic heterocycles. The molecule has 22 heavy (non-hydrogen) atoms. The van der Waals surface area contributed by atoms with Gasteiger partial charge in [-0.25, -0.2) is 0 Å². The quantitative estimate of drug-likeness (QED) is 0.638. The first-order valence-electron chi connectivity index (χ1n) is 7.07. The summed E-state index contributed by atoms with van der Waals surface area (Å²) < 4.78 is 10.7. The number of fused-ring (bicyclic) bond motifs is 1. The van der Waals surface area contributed by atoms with E-state index in [1.54, 1.807) is 12.1 Å². The summed E-state index contributed by atoms with van der Waals surface area (Å²) in [4.78, 5) is 0. The van der Waals surface area contributed by atoms with Crippen molar-refractivity contribution < 1.29 is 29.9 Å². The summed E-state index contributed by atoms with van der Waals surface area (Å²) in [6, 6.07) is 13.0. The molecule has 0 aliphatic carbocycles. The SMILES string of the molecule is OC[C@H]1O[C@@H](O)[C@H](O)[C@@H](Oc2cccc3ccccc23)[C@@H]1O. The van der Waals surface area contributed by atoms with Crippen LogP contribution in [0, 0.1) is 0 Å². The minimum Gasteiger partial charge on any atom is -0.484 e. The van der Waals surface area contributed by atoms with E-state index in [9.17, 15) is 20.4 Å². The van der Waals surface area contributed by atoms with Gasteiger partial charge in [0, 0.05) is 5.39 Å². The van der Waals surface area contributed by atoms with E-state index in [0.29, 0.717) is 5.75 Å². The van der Waals surface area contributed by atoms with Crippen LogP contribution in [-0.4, -0.2) is 57.7 Å². The summed E-state index contributed by atoms with van der Waals surface area (Å²) in [5.41, 5.74) is 0. The number of ether oxygens (including phenoxy) is 2. The topological polar surface area (TPSA) is 99.4 Å². The van der Waals surface area contributed by atoms with Crippen LogP contribution in [0.1, 0.15) is 0 Å². The fourth-order valence-electron chi connectivity index (χ4n) is 2.65. The van der Waals surface area contributed by atoms with Crippen LogP contribution in [0.25, 0.3) is 10.8 Å². The Hall–Kier alpha value is -1.70. The highest BCUT2D eigenvalue weighted by Crippen LogP contribution is 2.30. The first kappa shape index (κ1) is 15.2. The molecule has 6 nitrogen and oxygen atoms in total. The minimum absolute atomic E-state index is 0.479. The lowest BCUT2D eigenvalue weighted by Gasteiger charge is -2.40. The smallest absolute Gasteiger partial charge is 0.185 e. The summed E-state index contributed by atoms with van der Waals surface area (Å²) in [5, 5.41) is 40.8. The molecule has 0 radical (unpaired) electrons. The lowest BCUT2D eigenvalue weighted by molar-refractivity contribution is -0.281. The number of hydrogen-bond acceptors (Lipinski definition) is 6. The molecular formula is C16H18O6. The van der Waals surface area contributed by atoms with Gasteiger partial charge in [0.25, 0.3) is 0 Å². The summed E-state index contributed by atoms with van der Waals surface area (Å²) in [7, 11) is 0. The van der Waals surface area contributed by atoms with Gasteiger partial charge >= 0.3 is 0 Å². The van der Waals surface area contributed by atoms with Crippen LogP contribution in [0.3, 0.4) is 0 Å². The van der Waals surface area contributed by atoms with Gasteiger partial charge in [0.05, 0.1) is 6.61 Å². The van der Waals surface area contributed by atoms with Crippen molar-refractivity contribution in [2.24, 2.45) is 0 Å². The van der Waals surface area contributed by atoms with Crippen LogP contribution in [-0.2, 0) is 4.74 Å². The minimum atomic E-state index is -1.53. The standard InChI is InChI=1S/C16H18O6/c17-8-12-13(18)15(14(19)16(20)22-12)21-11-7-3-5-9-4-1-2-6-10(9)11/h1-7,12-20H,8H2/t12-,13-,14-,15+,16-/m1/s1. The average molecular weight is 306 g/mol. The van der Waals surface area contributed by atoms with E-state index in [2.05, 4.69) is 0 Å². The molecule has 0 saturated carbocycles. The van der Waals surface area contributed by atoms with E-state index in [4.69, 9.17) is 9.47 Å². The van der Waals surface area contributed by atoms with Crippen molar-refractivity contribution in [3.8, 4) is 5.75 Å². The first-order valence-corrected chi connectivity index (χ1v) is 7.07. The third-order valence-electron chi connectivity index (χ3n) is 3.85. The third kappa shape index (κ3) is 2.67. The van der Waals surface area contributed by atoms with Crippen molar-refractivity contribution in [3.63, 3.8) is 0 Å². The summed E-state index contributed by atoms with van der Waals surface area (Å²) in [6.07, 6.45) is -6.33. The lowest BCUT2D eigenvalue weighted by Crippen LogP contribution is -2.60. The van der Waals surface area contributed by atoms with Crippen molar-refractivity contribution >= 4 is 10.8 Å². The first-order chi connectivity index (χ1) is 10.6. The Morgan fingerprint density at radius 1 is 0.955 bits per heavy atom. The van der Waals surface area contributed by atoms with Gasteiger partial charge < -0.3 is 29.9 Å². The van der Waals surface area contributed by atoms with Crippen molar-refractivity contribution in [1.29, 1.82) is 0 Å². The Morgan fingerprint density at radius 3 is 2.45 bits per heavy atom. The van der Waals surface area contributed by atoms with Crippen LogP contribution >= 0.6 is 0 Å². The van der Waals surface area contributed by atoms with Crippen molar-refractivity contribution in [1.82, 2.24) is 0 Å². The normalized spacial score (nSPS) is 32.1. The number of aliphatic hydroxyl groups is 4. The second-order valence-corrected chi connectivity index (χ2v) is 5.29. The predicted octanol–water partition coefficient (Wildman–Crippen LogP) is 0.0185. The Morgan fingerprint density at radius 2 is 1.68 bits per heavy atom. The Balaban J connectivity index is 1.92. The maximum Gasteiger partial charge on any atom is 0.185 e. The van der Waals surface area contributed by atoms with E-state index in [1.165, 1.54) is 0 Å². The molecule has 1 heterocycles. The van der Waals surface area contributed by atoms with Crippen LogP contribution in [0.4, 0.5) is 0 Å². The van der Waals surface area contributed by atoms with Crippen LogP contribution in [0.15, 0.2) is 42.5 Å². The Labute approximate surface area is 127 Å². The molecule has 1 fully saturated rings. The molecule has 0 spiro atoms. The number of aliphatic hydroxyl groups excluding tert-OH is 4. The molecule has 3 rings (SSSR count). The molecule has 0 bridgehead atoms. The van der Waals surface area contributed by atoms with Gasteiger partial charge in [-0.05, 0) is 11.5 Å². The average Bonchev–Trinajstić information content (AvgIpc) is 2.55. The number of benzene rings is 2. The van der Waals surface area contributed by atoms with Crippen LogP contribution < -0.4 is 4.74 Å². The van der Waals surface area contributed by atoms with E-state index in [0.717, 1.165) is 10.8 Å². The zero-order chi connectivity index (χ0) is 15.7. The third-order valence-corrected chi connectivity index (χ3v) is 3.85. The van der Waals surface area contributed by atoms with E-state index in [-0.39, 0.29) is 0 Å². The second-order valence-electron chi connectivity index (χ2n) is 5.29. The maximum absolute atomic E-state index is 10.2. The summed E-state index contributed by atoms with van der Waals surface area (Å²) >= 11 is 0.